The lowest BCUT2D eigenvalue weighted by molar-refractivity contribution is 0.750. The van der Waals surface area contributed by atoms with Crippen LogP contribution in [-0.4, -0.2) is 10.7 Å². The van der Waals surface area contributed by atoms with Gasteiger partial charge in [0.2, 0.25) is 0 Å². The first-order valence-electron chi connectivity index (χ1n) is 7.07. The number of pyridine rings is 1. The van der Waals surface area contributed by atoms with Crippen LogP contribution in [0.2, 0.25) is 0 Å². The molecule has 1 heterocycles. The van der Waals surface area contributed by atoms with E-state index >= 15 is 0 Å². The molecule has 0 aliphatic rings. The van der Waals surface area contributed by atoms with Crippen LogP contribution in [0.5, 0.6) is 0 Å². The first-order valence-corrected chi connectivity index (χ1v) is 8.05. The largest absolute Gasteiger partial charge is 0.384 e. The first-order chi connectivity index (χ1) is 11.0. The van der Waals surface area contributed by atoms with E-state index in [4.69, 9.17) is 5.73 Å². The molecule has 0 radical (unpaired) electrons. The van der Waals surface area contributed by atoms with Gasteiger partial charge in [0.1, 0.15) is 29.1 Å². The quantitative estimate of drug-likeness (QED) is 0.840. The Balaban J connectivity index is 2.53. The third-order valence-corrected chi connectivity index (χ3v) is 4.63. The van der Waals surface area contributed by atoms with Crippen LogP contribution >= 0.6 is 11.8 Å². The Kier molecular flexibility index (Phi) is 5.10. The number of anilines is 1. The minimum absolute atomic E-state index is 0.0234. The van der Waals surface area contributed by atoms with Crippen LogP contribution in [0.3, 0.4) is 0 Å². The van der Waals surface area contributed by atoms with Crippen molar-refractivity contribution in [2.45, 2.75) is 18.7 Å². The number of nitrogens with two attached hydrogens (primary N) is 1. The Morgan fingerprint density at radius 1 is 1.17 bits per heavy atom. The van der Waals surface area contributed by atoms with Gasteiger partial charge in [0.15, 0.2) is 0 Å². The molecule has 1 aromatic heterocycles. The summed E-state index contributed by atoms with van der Waals surface area (Å²) in [5.74, 6) is 1.57. The molecule has 0 aliphatic carbocycles. The number of rotatable bonds is 4. The standard InChI is InChI=1S/C17H16N4OS/c1-10(2)9-23-12-5-3-11(4-6-12)15-13(7-18)16(20)21-17(22)14(15)8-19/h3-6,10H,9H2,1-2H3,(H3,20,21,22). The lowest BCUT2D eigenvalue weighted by atomic mass is 9.97. The molecule has 0 fully saturated rings. The number of nitriles is 2. The van der Waals surface area contributed by atoms with Crippen molar-refractivity contribution in [1.82, 2.24) is 4.98 Å². The smallest absolute Gasteiger partial charge is 0.268 e. The predicted octanol–water partition coefficient (Wildman–Crippen LogP) is 3.12. The molecule has 0 unspecified atom stereocenters. The van der Waals surface area contributed by atoms with E-state index in [1.165, 1.54) is 0 Å². The molecule has 0 bridgehead atoms. The molecule has 0 aliphatic heterocycles. The number of H-pyrrole nitrogens is 1. The van der Waals surface area contributed by atoms with E-state index in [0.29, 0.717) is 11.5 Å². The highest BCUT2D eigenvalue weighted by Crippen LogP contribution is 2.30. The van der Waals surface area contributed by atoms with Gasteiger partial charge in [-0.3, -0.25) is 4.79 Å². The molecular formula is C17H16N4OS. The Labute approximate surface area is 138 Å². The lowest BCUT2D eigenvalue weighted by Crippen LogP contribution is -2.16. The maximum Gasteiger partial charge on any atom is 0.268 e. The minimum Gasteiger partial charge on any atom is -0.384 e. The average molecular weight is 324 g/mol. The summed E-state index contributed by atoms with van der Waals surface area (Å²) >= 11 is 1.74. The van der Waals surface area contributed by atoms with Gasteiger partial charge in [0, 0.05) is 16.2 Å². The predicted molar refractivity (Wildman–Crippen MR) is 91.9 cm³/mol. The van der Waals surface area contributed by atoms with E-state index in [2.05, 4.69) is 18.8 Å². The Bertz CT molecular complexity index is 854. The zero-order valence-corrected chi connectivity index (χ0v) is 13.7. The van der Waals surface area contributed by atoms with Crippen molar-refractivity contribution in [2.24, 2.45) is 5.92 Å². The zero-order chi connectivity index (χ0) is 17.0. The van der Waals surface area contributed by atoms with Crippen LogP contribution in [0.4, 0.5) is 5.82 Å². The van der Waals surface area contributed by atoms with Crippen LogP contribution in [-0.2, 0) is 0 Å². The third kappa shape index (κ3) is 3.56. The topological polar surface area (TPSA) is 106 Å². The number of hydrogen-bond acceptors (Lipinski definition) is 5. The SMILES string of the molecule is CC(C)CSc1ccc(-c2c(C#N)c(N)[nH]c(=O)c2C#N)cc1. The normalized spacial score (nSPS) is 10.3. The van der Waals surface area contributed by atoms with Crippen molar-refractivity contribution in [3.05, 3.63) is 45.7 Å². The van der Waals surface area contributed by atoms with Gasteiger partial charge in [0.05, 0.1) is 0 Å². The fourth-order valence-corrected chi connectivity index (χ4v) is 2.97. The molecule has 23 heavy (non-hydrogen) atoms. The molecule has 116 valence electrons. The van der Waals surface area contributed by atoms with Crippen LogP contribution in [0, 0.1) is 28.6 Å². The Hall–Kier alpha value is -2.70. The zero-order valence-electron chi connectivity index (χ0n) is 12.9. The van der Waals surface area contributed by atoms with E-state index in [9.17, 15) is 15.3 Å². The van der Waals surface area contributed by atoms with Crippen molar-refractivity contribution in [3.63, 3.8) is 0 Å². The maximum atomic E-state index is 11.9. The molecule has 6 heteroatoms. The Morgan fingerprint density at radius 3 is 2.30 bits per heavy atom. The Morgan fingerprint density at radius 2 is 1.78 bits per heavy atom. The molecule has 0 atom stereocenters. The summed E-state index contributed by atoms with van der Waals surface area (Å²) in [6, 6.07) is 11.3. The van der Waals surface area contributed by atoms with E-state index in [1.807, 2.05) is 24.3 Å². The second-order valence-electron chi connectivity index (χ2n) is 5.45. The van der Waals surface area contributed by atoms with Crippen molar-refractivity contribution >= 4 is 17.6 Å². The van der Waals surface area contributed by atoms with Crippen molar-refractivity contribution in [2.75, 3.05) is 11.5 Å². The summed E-state index contributed by atoms with van der Waals surface area (Å²) in [5, 5.41) is 18.6. The summed E-state index contributed by atoms with van der Waals surface area (Å²) in [6.45, 7) is 4.30. The molecule has 2 rings (SSSR count). The lowest BCUT2D eigenvalue weighted by Gasteiger charge is -2.10. The maximum absolute atomic E-state index is 11.9. The number of nitrogen functional groups attached to an aromatic ring is 1. The van der Waals surface area contributed by atoms with Crippen LogP contribution < -0.4 is 11.3 Å². The highest BCUT2D eigenvalue weighted by atomic mass is 32.2. The van der Waals surface area contributed by atoms with Crippen molar-refractivity contribution in [1.29, 1.82) is 10.5 Å². The number of nitrogens with zero attached hydrogens (tertiary/aromatic N) is 2. The highest BCUT2D eigenvalue weighted by molar-refractivity contribution is 7.99. The molecule has 0 amide bonds. The summed E-state index contributed by atoms with van der Waals surface area (Å²) in [5.41, 5.74) is 6.06. The molecular weight excluding hydrogens is 308 g/mol. The second-order valence-corrected chi connectivity index (χ2v) is 6.54. The van der Waals surface area contributed by atoms with Gasteiger partial charge in [0.25, 0.3) is 5.56 Å². The van der Waals surface area contributed by atoms with Crippen molar-refractivity contribution < 1.29 is 0 Å². The molecule has 5 nitrogen and oxygen atoms in total. The number of aromatic nitrogens is 1. The molecule has 2 aromatic rings. The third-order valence-electron chi connectivity index (χ3n) is 3.19. The summed E-state index contributed by atoms with van der Waals surface area (Å²) in [4.78, 5) is 15.3. The van der Waals surface area contributed by atoms with E-state index in [-0.39, 0.29) is 22.5 Å². The number of hydrogen-bond donors (Lipinski definition) is 2. The molecule has 3 N–H and O–H groups in total. The second kappa shape index (κ2) is 7.04. The average Bonchev–Trinajstić information content (AvgIpc) is 2.53. The molecule has 1 aromatic carbocycles. The van der Waals surface area contributed by atoms with E-state index < -0.39 is 5.56 Å². The number of aromatic amines is 1. The summed E-state index contributed by atoms with van der Waals surface area (Å²) < 4.78 is 0. The van der Waals surface area contributed by atoms with E-state index in [0.717, 1.165) is 10.6 Å². The van der Waals surface area contributed by atoms with Gasteiger partial charge in [-0.15, -0.1) is 11.8 Å². The van der Waals surface area contributed by atoms with Gasteiger partial charge in [-0.05, 0) is 23.6 Å². The molecule has 0 saturated carbocycles. The van der Waals surface area contributed by atoms with Crippen molar-refractivity contribution in [3.8, 4) is 23.3 Å². The number of thioether (sulfide) groups is 1. The molecule has 0 spiro atoms. The summed E-state index contributed by atoms with van der Waals surface area (Å²) in [7, 11) is 0. The van der Waals surface area contributed by atoms with Crippen LogP contribution in [0.1, 0.15) is 25.0 Å². The van der Waals surface area contributed by atoms with Gasteiger partial charge in [-0.1, -0.05) is 26.0 Å². The van der Waals surface area contributed by atoms with Gasteiger partial charge < -0.3 is 10.7 Å². The highest BCUT2D eigenvalue weighted by Gasteiger charge is 2.17. The first kappa shape index (κ1) is 16.7. The number of benzene rings is 1. The monoisotopic (exact) mass is 324 g/mol. The molecule has 0 saturated heterocycles. The van der Waals surface area contributed by atoms with Crippen LogP contribution in [0.15, 0.2) is 34.0 Å². The minimum atomic E-state index is -0.586. The number of nitrogens with one attached hydrogen (secondary N) is 1. The van der Waals surface area contributed by atoms with Crippen LogP contribution in [0.25, 0.3) is 11.1 Å². The fraction of sp³-hybridized carbons (Fsp3) is 0.235. The van der Waals surface area contributed by atoms with Gasteiger partial charge in [-0.2, -0.15) is 10.5 Å². The van der Waals surface area contributed by atoms with E-state index in [1.54, 1.807) is 23.9 Å². The fourth-order valence-electron chi connectivity index (χ4n) is 2.11. The van der Waals surface area contributed by atoms with Gasteiger partial charge in [-0.25, -0.2) is 0 Å². The summed E-state index contributed by atoms with van der Waals surface area (Å²) in [6.07, 6.45) is 0. The van der Waals surface area contributed by atoms with Gasteiger partial charge >= 0.3 is 0 Å².